The number of carbonyl (C=O) groups is 1. The van der Waals surface area contributed by atoms with Crippen molar-refractivity contribution in [2.45, 2.75) is 11.8 Å². The zero-order chi connectivity index (χ0) is 15.6. The lowest BCUT2D eigenvalue weighted by atomic mass is 10.1. The third-order valence-electron chi connectivity index (χ3n) is 4.34. The number of hydrogen-bond donors (Lipinski definition) is 1. The number of fused-ring (bicyclic) bond motifs is 1. The van der Waals surface area contributed by atoms with E-state index in [0.717, 1.165) is 18.5 Å². The van der Waals surface area contributed by atoms with E-state index in [2.05, 4.69) is 41.5 Å². The molecule has 0 spiro atoms. The highest BCUT2D eigenvalue weighted by Crippen LogP contribution is 2.41. The van der Waals surface area contributed by atoms with Crippen molar-refractivity contribution < 1.29 is 4.79 Å². The molecule has 3 aromatic rings. The van der Waals surface area contributed by atoms with Crippen LogP contribution in [-0.2, 0) is 11.2 Å². The first-order valence-corrected chi connectivity index (χ1v) is 8.89. The Hall–Kier alpha value is -2.20. The second-order valence-corrected chi connectivity index (χ2v) is 6.84. The predicted molar refractivity (Wildman–Crippen MR) is 95.4 cm³/mol. The van der Waals surface area contributed by atoms with Crippen LogP contribution in [0.25, 0.3) is 10.9 Å². The third kappa shape index (κ3) is 2.75. The molecule has 23 heavy (non-hydrogen) atoms. The molecule has 0 bridgehead atoms. The highest BCUT2D eigenvalue weighted by atomic mass is 32.2. The van der Waals surface area contributed by atoms with Gasteiger partial charge in [-0.2, -0.15) is 0 Å². The minimum atomic E-state index is 0.113. The summed E-state index contributed by atoms with van der Waals surface area (Å²) >= 11 is 1.72. The van der Waals surface area contributed by atoms with Crippen molar-refractivity contribution in [3.05, 3.63) is 71.9 Å². The zero-order valence-electron chi connectivity index (χ0n) is 12.7. The number of carbonyl (C=O) groups excluding carboxylic acids is 1. The first kappa shape index (κ1) is 14.4. The summed E-state index contributed by atoms with van der Waals surface area (Å²) in [6, 6.07) is 18.6. The summed E-state index contributed by atoms with van der Waals surface area (Å²) < 4.78 is 0. The molecule has 1 N–H and O–H groups in total. The Morgan fingerprint density at radius 3 is 2.74 bits per heavy atom. The Morgan fingerprint density at radius 1 is 1.09 bits per heavy atom. The molecule has 2 heterocycles. The number of aromatic amines is 1. The number of hydrogen-bond acceptors (Lipinski definition) is 2. The van der Waals surface area contributed by atoms with E-state index in [1.54, 1.807) is 11.8 Å². The summed E-state index contributed by atoms with van der Waals surface area (Å²) in [5.41, 5.74) is 3.62. The van der Waals surface area contributed by atoms with Gasteiger partial charge in [0.05, 0.1) is 5.75 Å². The minimum Gasteiger partial charge on any atom is -0.361 e. The van der Waals surface area contributed by atoms with Crippen LogP contribution in [0.3, 0.4) is 0 Å². The van der Waals surface area contributed by atoms with E-state index in [1.807, 2.05) is 29.2 Å². The van der Waals surface area contributed by atoms with Crippen molar-refractivity contribution in [1.29, 1.82) is 0 Å². The van der Waals surface area contributed by atoms with Gasteiger partial charge in [-0.05, 0) is 18.1 Å². The summed E-state index contributed by atoms with van der Waals surface area (Å²) in [6.07, 6.45) is 2.95. The van der Waals surface area contributed by atoms with Crippen LogP contribution in [0.5, 0.6) is 0 Å². The van der Waals surface area contributed by atoms with E-state index >= 15 is 0 Å². The lowest BCUT2D eigenvalue weighted by molar-refractivity contribution is -0.128. The summed E-state index contributed by atoms with van der Waals surface area (Å²) in [5, 5.41) is 1.33. The van der Waals surface area contributed by atoms with Crippen molar-refractivity contribution in [2.24, 2.45) is 0 Å². The summed E-state index contributed by atoms with van der Waals surface area (Å²) in [5.74, 6) is 0.806. The Labute approximate surface area is 139 Å². The number of nitrogens with one attached hydrogen (secondary N) is 1. The summed E-state index contributed by atoms with van der Waals surface area (Å²) in [6.45, 7) is 0.764. The standard InChI is InChI=1S/C19H18N2OS/c22-18-13-23-19(16-12-20-17-9-5-4-8-15(16)17)21(18)11-10-14-6-2-1-3-7-14/h1-9,12,19-20H,10-11,13H2. The minimum absolute atomic E-state index is 0.113. The van der Waals surface area contributed by atoms with Crippen molar-refractivity contribution >= 4 is 28.6 Å². The molecule has 4 heteroatoms. The van der Waals surface area contributed by atoms with Gasteiger partial charge in [0.25, 0.3) is 0 Å². The van der Waals surface area contributed by atoms with Gasteiger partial charge in [0.2, 0.25) is 5.91 Å². The quantitative estimate of drug-likeness (QED) is 0.788. The van der Waals surface area contributed by atoms with Gasteiger partial charge >= 0.3 is 0 Å². The number of H-pyrrole nitrogens is 1. The van der Waals surface area contributed by atoms with Crippen LogP contribution in [0.4, 0.5) is 0 Å². The van der Waals surface area contributed by atoms with Gasteiger partial charge in [-0.15, -0.1) is 11.8 Å². The Bertz CT molecular complexity index is 828. The summed E-state index contributed by atoms with van der Waals surface area (Å²) in [7, 11) is 0. The monoisotopic (exact) mass is 322 g/mol. The largest absolute Gasteiger partial charge is 0.361 e. The summed E-state index contributed by atoms with van der Waals surface area (Å²) in [4.78, 5) is 17.7. The number of benzene rings is 2. The lowest BCUT2D eigenvalue weighted by Gasteiger charge is -2.23. The van der Waals surface area contributed by atoms with Crippen LogP contribution in [-0.4, -0.2) is 28.1 Å². The molecule has 1 aliphatic rings. The second-order valence-electron chi connectivity index (χ2n) is 5.78. The number of rotatable bonds is 4. The van der Waals surface area contributed by atoms with Gasteiger partial charge in [0.15, 0.2) is 0 Å². The fourth-order valence-corrected chi connectivity index (χ4v) is 4.39. The van der Waals surface area contributed by atoms with Gasteiger partial charge < -0.3 is 9.88 Å². The maximum absolute atomic E-state index is 12.3. The molecule has 0 saturated carbocycles. The zero-order valence-corrected chi connectivity index (χ0v) is 13.6. The molecule has 2 aromatic carbocycles. The maximum Gasteiger partial charge on any atom is 0.233 e. The second kappa shape index (κ2) is 6.13. The fourth-order valence-electron chi connectivity index (χ4n) is 3.15. The molecule has 1 aromatic heterocycles. The molecular weight excluding hydrogens is 304 g/mol. The van der Waals surface area contributed by atoms with E-state index in [-0.39, 0.29) is 11.3 Å². The Balaban J connectivity index is 1.59. The van der Waals surface area contributed by atoms with Gasteiger partial charge in [-0.1, -0.05) is 48.5 Å². The van der Waals surface area contributed by atoms with Crippen LogP contribution in [0.2, 0.25) is 0 Å². The highest BCUT2D eigenvalue weighted by Gasteiger charge is 2.33. The van der Waals surface area contributed by atoms with Gasteiger partial charge in [0, 0.05) is 29.2 Å². The number of nitrogens with zero attached hydrogens (tertiary/aromatic N) is 1. The van der Waals surface area contributed by atoms with Crippen LogP contribution >= 0.6 is 11.8 Å². The van der Waals surface area contributed by atoms with E-state index in [4.69, 9.17) is 0 Å². The molecule has 1 aliphatic heterocycles. The fraction of sp³-hybridized carbons (Fsp3) is 0.211. The Kier molecular flexibility index (Phi) is 3.83. The molecule has 0 radical (unpaired) electrons. The first-order valence-electron chi connectivity index (χ1n) is 7.84. The lowest BCUT2D eigenvalue weighted by Crippen LogP contribution is -2.30. The van der Waals surface area contributed by atoms with Crippen molar-refractivity contribution in [2.75, 3.05) is 12.3 Å². The third-order valence-corrected chi connectivity index (χ3v) is 5.58. The van der Waals surface area contributed by atoms with Gasteiger partial charge in [-0.25, -0.2) is 0 Å². The number of amides is 1. The molecule has 116 valence electrons. The number of aromatic nitrogens is 1. The molecule has 1 unspecified atom stereocenters. The highest BCUT2D eigenvalue weighted by molar-refractivity contribution is 8.00. The first-order chi connectivity index (χ1) is 11.3. The topological polar surface area (TPSA) is 36.1 Å². The molecule has 1 saturated heterocycles. The molecule has 4 rings (SSSR count). The molecular formula is C19H18N2OS. The molecule has 3 nitrogen and oxygen atoms in total. The average molecular weight is 322 g/mol. The van der Waals surface area contributed by atoms with Gasteiger partial charge in [-0.3, -0.25) is 4.79 Å². The number of para-hydroxylation sites is 1. The SMILES string of the molecule is O=C1CSC(c2c[nH]c3ccccc23)N1CCc1ccccc1. The average Bonchev–Trinajstić information content (AvgIpc) is 3.17. The molecule has 0 aliphatic carbocycles. The van der Waals surface area contributed by atoms with Crippen LogP contribution in [0.15, 0.2) is 60.8 Å². The van der Waals surface area contributed by atoms with Crippen molar-refractivity contribution in [3.63, 3.8) is 0 Å². The maximum atomic E-state index is 12.3. The van der Waals surface area contributed by atoms with Crippen LogP contribution in [0, 0.1) is 0 Å². The van der Waals surface area contributed by atoms with Crippen LogP contribution < -0.4 is 0 Å². The molecule has 1 atom stereocenters. The number of thioether (sulfide) groups is 1. The van der Waals surface area contributed by atoms with E-state index in [9.17, 15) is 4.79 Å². The van der Waals surface area contributed by atoms with Crippen molar-refractivity contribution in [1.82, 2.24) is 9.88 Å². The Morgan fingerprint density at radius 2 is 1.87 bits per heavy atom. The van der Waals surface area contributed by atoms with Gasteiger partial charge in [0.1, 0.15) is 5.37 Å². The van der Waals surface area contributed by atoms with E-state index < -0.39 is 0 Å². The molecule has 1 fully saturated rings. The van der Waals surface area contributed by atoms with E-state index in [0.29, 0.717) is 5.75 Å². The normalized spacial score (nSPS) is 18.0. The van der Waals surface area contributed by atoms with Crippen LogP contribution in [0.1, 0.15) is 16.5 Å². The predicted octanol–water partition coefficient (Wildman–Crippen LogP) is 3.98. The van der Waals surface area contributed by atoms with Crippen molar-refractivity contribution in [3.8, 4) is 0 Å². The van der Waals surface area contributed by atoms with E-state index in [1.165, 1.54) is 16.5 Å². The molecule has 1 amide bonds. The smallest absolute Gasteiger partial charge is 0.233 e.